The van der Waals surface area contributed by atoms with Crippen LogP contribution in [0.4, 0.5) is 0 Å². The van der Waals surface area contributed by atoms with Gasteiger partial charge >= 0.3 is 21.1 Å². The normalized spacial score (nSPS) is 25.2. The first-order valence-corrected chi connectivity index (χ1v) is 11.7. The number of H-pyrrole nitrogens is 1. The van der Waals surface area contributed by atoms with Crippen LogP contribution in [0.5, 0.6) is 0 Å². The molecule has 2 heterocycles. The molecule has 0 bridgehead atoms. The monoisotopic (exact) mass is 463 g/mol. The van der Waals surface area contributed by atoms with Gasteiger partial charge in [0.2, 0.25) is 0 Å². The summed E-state index contributed by atoms with van der Waals surface area (Å²) >= 11 is 0. The molecule has 0 amide bonds. The molecule has 3 unspecified atom stereocenters. The number of nitrogens with zero attached hydrogens (tertiary/aromatic N) is 1. The van der Waals surface area contributed by atoms with Crippen molar-refractivity contribution in [2.45, 2.75) is 25.1 Å². The predicted molar refractivity (Wildman–Crippen MR) is 86.8 cm³/mol. The van der Waals surface area contributed by atoms with Gasteiger partial charge in [0.15, 0.2) is 12.1 Å². The molecule has 0 saturated heterocycles. The zero-order chi connectivity index (χ0) is 21.5. The Morgan fingerprint density at radius 1 is 1.21 bits per heavy atom. The Morgan fingerprint density at radius 3 is 2.36 bits per heavy atom. The lowest BCUT2D eigenvalue weighted by molar-refractivity contribution is -0.224. The Morgan fingerprint density at radius 2 is 1.82 bits per heavy atom. The first-order chi connectivity index (χ1) is 12.6. The molecular weight excluding hydrogens is 449 g/mol. The Labute approximate surface area is 155 Å². The van der Waals surface area contributed by atoms with Crippen molar-refractivity contribution in [3.8, 4) is 0 Å². The number of aromatic nitrogens is 2. The first kappa shape index (κ1) is 23.1. The summed E-state index contributed by atoms with van der Waals surface area (Å²) in [5.41, 5.74) is -1.51. The smallest absolute Gasteiger partial charge is 0.476 e. The first-order valence-electron chi connectivity index (χ1n) is 7.06. The van der Waals surface area contributed by atoms with E-state index in [1.807, 2.05) is 4.98 Å². The molecule has 15 nitrogen and oxygen atoms in total. The molecule has 1 aliphatic rings. The Kier molecular flexibility index (Phi) is 6.51. The van der Waals surface area contributed by atoms with Crippen LogP contribution in [0, 0.1) is 6.92 Å². The molecule has 5 N–H and O–H groups in total. The summed E-state index contributed by atoms with van der Waals surface area (Å²) < 4.78 is 47.8. The van der Waals surface area contributed by atoms with Crippen LogP contribution in [0.25, 0.3) is 0 Å². The fourth-order valence-corrected chi connectivity index (χ4v) is 5.55. The fourth-order valence-electron chi connectivity index (χ4n) is 2.19. The van der Waals surface area contributed by atoms with Crippen molar-refractivity contribution >= 4 is 23.2 Å². The molecule has 0 aromatic carbocycles. The zero-order valence-corrected chi connectivity index (χ0v) is 16.4. The van der Waals surface area contributed by atoms with Crippen molar-refractivity contribution in [3.63, 3.8) is 0 Å². The maximum Gasteiger partial charge on any atom is 0.476 e. The van der Waals surface area contributed by atoms with E-state index in [-0.39, 0.29) is 5.56 Å². The van der Waals surface area contributed by atoms with Gasteiger partial charge in [0.1, 0.15) is 6.10 Å². The van der Waals surface area contributed by atoms with Gasteiger partial charge in [-0.25, -0.2) is 13.7 Å². The Bertz CT molecular complexity index is 1030. The number of hydrogen-bond acceptors (Lipinski definition) is 9. The Balaban J connectivity index is 2.36. The summed E-state index contributed by atoms with van der Waals surface area (Å²) in [5.74, 6) is -2.62. The topological polar surface area (TPSA) is 238 Å². The number of phosphoric acid groups is 2. The minimum Gasteiger partial charge on any atom is -0.756 e. The minimum atomic E-state index is -5.70. The highest BCUT2D eigenvalue weighted by molar-refractivity contribution is 7.64. The minimum absolute atomic E-state index is 0.102. The van der Waals surface area contributed by atoms with Gasteiger partial charge in [-0.3, -0.25) is 28.0 Å². The van der Waals surface area contributed by atoms with Crippen molar-refractivity contribution in [1.29, 1.82) is 0 Å². The van der Waals surface area contributed by atoms with E-state index >= 15 is 0 Å². The Hall–Kier alpha value is -1.21. The van der Waals surface area contributed by atoms with Crippen LogP contribution >= 0.6 is 23.2 Å². The van der Waals surface area contributed by atoms with E-state index in [9.17, 15) is 33.1 Å². The molecule has 158 valence electrons. The van der Waals surface area contributed by atoms with Gasteiger partial charge in [0.25, 0.3) is 13.4 Å². The molecule has 1 aromatic rings. The highest BCUT2D eigenvalue weighted by Crippen LogP contribution is 2.63. The second-order valence-electron chi connectivity index (χ2n) is 5.46. The maximum atomic E-state index is 12.1. The summed E-state index contributed by atoms with van der Waals surface area (Å²) in [5, 5.41) is 0. The van der Waals surface area contributed by atoms with Crippen molar-refractivity contribution in [3.05, 3.63) is 44.8 Å². The van der Waals surface area contributed by atoms with Gasteiger partial charge in [-0.1, -0.05) is 6.08 Å². The van der Waals surface area contributed by atoms with Crippen molar-refractivity contribution in [1.82, 2.24) is 9.55 Å². The van der Waals surface area contributed by atoms with Gasteiger partial charge in [0.05, 0.1) is 0 Å². The molecule has 0 radical (unpaired) electrons. The van der Waals surface area contributed by atoms with Crippen molar-refractivity contribution in [2.24, 2.45) is 0 Å². The molecule has 0 spiro atoms. The van der Waals surface area contributed by atoms with Crippen LogP contribution in [0.1, 0.15) is 11.8 Å². The standard InChI is InChI=1S/C10H15N2O13P3/c1-5-4-12(10(14)11-8(5)13)7-3-2-6(23-7)9(24-27(17,18)19)26(15,16)25-28(20,21)22/h2-4,6-7,9H,1H3,(H,15,16)(H,11,13,14)(H2,17,18,19)(H2,20,21,22)/p-1/t6-,7+,9?/m1/s1. The van der Waals surface area contributed by atoms with E-state index in [4.69, 9.17) is 19.4 Å². The van der Waals surface area contributed by atoms with Crippen molar-refractivity contribution in [2.75, 3.05) is 0 Å². The molecule has 28 heavy (non-hydrogen) atoms. The number of ether oxygens (including phenoxy) is 1. The highest BCUT2D eigenvalue weighted by Gasteiger charge is 2.48. The SMILES string of the molecule is Cc1cn([C@@H]2C=C[C@H](C(OP(=O)([O-])O)P(=O)(O)OP(=O)(O)O)O2)c(=O)[nH]c1=O. The number of rotatable bonds is 7. The molecule has 1 aromatic heterocycles. The lowest BCUT2D eigenvalue weighted by Gasteiger charge is -2.30. The number of phosphoric ester groups is 1. The second kappa shape index (κ2) is 7.90. The summed E-state index contributed by atoms with van der Waals surface area (Å²) in [4.78, 5) is 72.2. The summed E-state index contributed by atoms with van der Waals surface area (Å²) in [7, 11) is -16.8. The predicted octanol–water partition coefficient (Wildman–Crippen LogP) is -1.60. The van der Waals surface area contributed by atoms with E-state index in [0.29, 0.717) is 0 Å². The third kappa shape index (κ3) is 5.89. The largest absolute Gasteiger partial charge is 0.756 e. The van der Waals surface area contributed by atoms with E-state index in [1.165, 1.54) is 6.92 Å². The summed E-state index contributed by atoms with van der Waals surface area (Å²) in [6, 6.07) is 0. The lowest BCUT2D eigenvalue weighted by Crippen LogP contribution is -2.35. The van der Waals surface area contributed by atoms with Gasteiger partial charge < -0.3 is 29.2 Å². The molecule has 5 atom stereocenters. The number of nitrogens with one attached hydrogen (secondary N) is 1. The number of hydrogen-bond donors (Lipinski definition) is 5. The van der Waals surface area contributed by atoms with E-state index in [0.717, 1.165) is 22.9 Å². The lowest BCUT2D eigenvalue weighted by atomic mass is 10.3. The molecule has 0 aliphatic carbocycles. The van der Waals surface area contributed by atoms with Gasteiger partial charge in [-0.15, -0.1) is 0 Å². The zero-order valence-electron chi connectivity index (χ0n) is 13.7. The van der Waals surface area contributed by atoms with Gasteiger partial charge in [-0.05, 0) is 13.0 Å². The fraction of sp³-hybridized carbons (Fsp3) is 0.400. The molecular formula is C10H14N2O13P3-. The molecule has 0 saturated carbocycles. The average molecular weight is 463 g/mol. The van der Waals surface area contributed by atoms with Crippen LogP contribution < -0.4 is 16.1 Å². The van der Waals surface area contributed by atoms with E-state index in [2.05, 4.69) is 8.83 Å². The number of aryl methyl sites for hydroxylation is 1. The van der Waals surface area contributed by atoms with E-state index < -0.39 is 52.7 Å². The molecule has 18 heteroatoms. The van der Waals surface area contributed by atoms with Crippen LogP contribution in [-0.2, 0) is 27.3 Å². The van der Waals surface area contributed by atoms with Crippen molar-refractivity contribution < 1.29 is 51.7 Å². The molecule has 1 aliphatic heterocycles. The van der Waals surface area contributed by atoms with Gasteiger partial charge in [0, 0.05) is 11.8 Å². The second-order valence-corrected chi connectivity index (χ2v) is 9.88. The molecule has 2 rings (SSSR count). The maximum absolute atomic E-state index is 12.1. The summed E-state index contributed by atoms with van der Waals surface area (Å²) in [6.45, 7) is 1.37. The number of aromatic amines is 1. The third-order valence-electron chi connectivity index (χ3n) is 3.25. The summed E-state index contributed by atoms with van der Waals surface area (Å²) in [6.07, 6.45) is -0.00191. The van der Waals surface area contributed by atoms with Crippen LogP contribution in [0.15, 0.2) is 27.9 Å². The van der Waals surface area contributed by atoms with Crippen LogP contribution in [0.2, 0.25) is 0 Å². The quantitative estimate of drug-likeness (QED) is 0.226. The van der Waals surface area contributed by atoms with Crippen LogP contribution in [-0.4, -0.2) is 41.1 Å². The average Bonchev–Trinajstić information content (AvgIpc) is 2.94. The van der Waals surface area contributed by atoms with Crippen LogP contribution in [0.3, 0.4) is 0 Å². The van der Waals surface area contributed by atoms with Gasteiger partial charge in [-0.2, -0.15) is 0 Å². The highest BCUT2D eigenvalue weighted by atomic mass is 31.3. The molecule has 0 fully saturated rings. The van der Waals surface area contributed by atoms with E-state index in [1.54, 1.807) is 0 Å². The third-order valence-corrected chi connectivity index (χ3v) is 6.74.